The maximum absolute atomic E-state index is 2.43. The van der Waals surface area contributed by atoms with E-state index in [1.165, 1.54) is 28.2 Å². The maximum atomic E-state index is 2.43. The van der Waals surface area contributed by atoms with Crippen molar-refractivity contribution >= 4 is 11.4 Å². The van der Waals surface area contributed by atoms with Crippen LogP contribution in [0.2, 0.25) is 0 Å². The summed E-state index contributed by atoms with van der Waals surface area (Å²) in [5.41, 5.74) is 6.50. The van der Waals surface area contributed by atoms with Gasteiger partial charge in [0.1, 0.15) is 6.17 Å². The molecule has 1 heterocycles. The molecule has 0 N–H and O–H groups in total. The topological polar surface area (TPSA) is 6.48 Å². The third-order valence-electron chi connectivity index (χ3n) is 4.41. The zero-order valence-electron chi connectivity index (χ0n) is 13.2. The molecule has 2 aromatic carbocycles. The lowest BCUT2D eigenvalue weighted by Gasteiger charge is -2.30. The minimum atomic E-state index is 0.321. The van der Waals surface area contributed by atoms with Gasteiger partial charge in [0.25, 0.3) is 0 Å². The van der Waals surface area contributed by atoms with Crippen molar-refractivity contribution in [3.63, 3.8) is 0 Å². The van der Waals surface area contributed by atoms with Crippen LogP contribution in [0, 0.1) is 6.92 Å². The van der Waals surface area contributed by atoms with Crippen molar-refractivity contribution in [1.82, 2.24) is 4.90 Å². The third-order valence-corrected chi connectivity index (χ3v) is 4.41. The van der Waals surface area contributed by atoms with E-state index < -0.39 is 0 Å². The molecule has 0 fully saturated rings. The van der Waals surface area contributed by atoms with Crippen molar-refractivity contribution in [2.75, 3.05) is 11.9 Å². The van der Waals surface area contributed by atoms with Gasteiger partial charge >= 0.3 is 0 Å². The van der Waals surface area contributed by atoms with Gasteiger partial charge in [-0.3, -0.25) is 0 Å². The van der Waals surface area contributed by atoms with Gasteiger partial charge in [-0.2, -0.15) is 0 Å². The van der Waals surface area contributed by atoms with Crippen LogP contribution in [0.3, 0.4) is 0 Å². The summed E-state index contributed by atoms with van der Waals surface area (Å²) in [7, 11) is 2.18. The molecule has 0 saturated carbocycles. The lowest BCUT2D eigenvalue weighted by atomic mass is 10.1. The minimum Gasteiger partial charge on any atom is -0.352 e. The first-order chi connectivity index (χ1) is 10.1. The van der Waals surface area contributed by atoms with Crippen LogP contribution in [0.15, 0.2) is 60.3 Å². The molecule has 1 atom stereocenters. The highest BCUT2D eigenvalue weighted by Gasteiger charge is 2.32. The molecule has 3 rings (SSSR count). The number of para-hydroxylation sites is 1. The van der Waals surface area contributed by atoms with Crippen LogP contribution in [0.25, 0.3) is 5.70 Å². The molecule has 1 unspecified atom stereocenters. The first-order valence-corrected chi connectivity index (χ1v) is 7.45. The number of aryl methyl sites for hydroxylation is 1. The summed E-state index contributed by atoms with van der Waals surface area (Å²) in [6, 6.07) is 19.2. The Labute approximate surface area is 127 Å². The summed E-state index contributed by atoms with van der Waals surface area (Å²) >= 11 is 0. The van der Waals surface area contributed by atoms with Gasteiger partial charge in [-0.25, -0.2) is 0 Å². The second-order valence-electron chi connectivity index (χ2n) is 5.70. The first-order valence-electron chi connectivity index (χ1n) is 7.45. The van der Waals surface area contributed by atoms with E-state index in [2.05, 4.69) is 92.2 Å². The van der Waals surface area contributed by atoms with Gasteiger partial charge in [-0.05, 0) is 38.0 Å². The van der Waals surface area contributed by atoms with Gasteiger partial charge in [0, 0.05) is 18.4 Å². The van der Waals surface area contributed by atoms with Crippen molar-refractivity contribution in [3.05, 3.63) is 71.4 Å². The molecule has 1 aliphatic rings. The average Bonchev–Trinajstić information content (AvgIpc) is 2.71. The highest BCUT2D eigenvalue weighted by atomic mass is 15.4. The Balaban J connectivity index is 2.12. The lowest BCUT2D eigenvalue weighted by molar-refractivity contribution is 0.398. The Morgan fingerprint density at radius 1 is 0.857 bits per heavy atom. The van der Waals surface area contributed by atoms with Crippen molar-refractivity contribution in [1.29, 1.82) is 0 Å². The van der Waals surface area contributed by atoms with Crippen molar-refractivity contribution in [2.24, 2.45) is 0 Å². The third kappa shape index (κ3) is 2.21. The fourth-order valence-electron chi connectivity index (χ4n) is 3.23. The van der Waals surface area contributed by atoms with Crippen LogP contribution in [0.5, 0.6) is 0 Å². The molecule has 0 aliphatic carbocycles. The Kier molecular flexibility index (Phi) is 3.46. The van der Waals surface area contributed by atoms with Crippen LogP contribution >= 0.6 is 0 Å². The van der Waals surface area contributed by atoms with Gasteiger partial charge in [-0.1, -0.05) is 48.5 Å². The highest BCUT2D eigenvalue weighted by Crippen LogP contribution is 2.38. The first kappa shape index (κ1) is 13.7. The van der Waals surface area contributed by atoms with Crippen molar-refractivity contribution < 1.29 is 0 Å². The van der Waals surface area contributed by atoms with E-state index in [0.29, 0.717) is 6.17 Å². The normalized spacial score (nSPS) is 18.6. The van der Waals surface area contributed by atoms with Gasteiger partial charge < -0.3 is 9.80 Å². The smallest absolute Gasteiger partial charge is 0.103 e. The lowest BCUT2D eigenvalue weighted by Crippen LogP contribution is -2.35. The van der Waals surface area contributed by atoms with E-state index in [0.717, 1.165) is 0 Å². The summed E-state index contributed by atoms with van der Waals surface area (Å²) < 4.78 is 0. The Bertz CT molecular complexity index is 673. The summed E-state index contributed by atoms with van der Waals surface area (Å²) in [5.74, 6) is 0. The number of rotatable bonds is 2. The molecule has 0 saturated heterocycles. The molecule has 0 bridgehead atoms. The van der Waals surface area contributed by atoms with E-state index in [-0.39, 0.29) is 0 Å². The Hall–Kier alpha value is -2.22. The molecule has 21 heavy (non-hydrogen) atoms. The van der Waals surface area contributed by atoms with E-state index in [9.17, 15) is 0 Å². The van der Waals surface area contributed by atoms with Crippen LogP contribution in [-0.2, 0) is 0 Å². The molecule has 0 amide bonds. The fourth-order valence-corrected chi connectivity index (χ4v) is 3.23. The van der Waals surface area contributed by atoms with Crippen LogP contribution in [0.1, 0.15) is 25.0 Å². The summed E-state index contributed by atoms with van der Waals surface area (Å²) in [6.45, 7) is 6.65. The highest BCUT2D eigenvalue weighted by molar-refractivity contribution is 5.76. The summed E-state index contributed by atoms with van der Waals surface area (Å²) in [4.78, 5) is 4.79. The molecule has 2 aromatic rings. The second-order valence-corrected chi connectivity index (χ2v) is 5.70. The second kappa shape index (κ2) is 5.28. The molecule has 2 nitrogen and oxygen atoms in total. The van der Waals surface area contributed by atoms with Gasteiger partial charge in [0.15, 0.2) is 0 Å². The van der Waals surface area contributed by atoms with E-state index in [1.54, 1.807) is 0 Å². The Morgan fingerprint density at radius 3 is 2.14 bits per heavy atom. The fraction of sp³-hybridized carbons (Fsp3) is 0.263. The number of allylic oxidation sites excluding steroid dienone is 1. The molecule has 108 valence electrons. The average molecular weight is 278 g/mol. The summed E-state index contributed by atoms with van der Waals surface area (Å²) in [5, 5.41) is 0. The molecule has 0 aromatic heterocycles. The predicted octanol–water partition coefficient (Wildman–Crippen LogP) is 4.48. The van der Waals surface area contributed by atoms with E-state index in [4.69, 9.17) is 0 Å². The number of anilines is 1. The quantitative estimate of drug-likeness (QED) is 0.799. The predicted molar refractivity (Wildman–Crippen MR) is 89.9 cm³/mol. The molecule has 0 spiro atoms. The van der Waals surface area contributed by atoms with Gasteiger partial charge in [0.2, 0.25) is 0 Å². The number of benzene rings is 2. The zero-order valence-corrected chi connectivity index (χ0v) is 13.2. The van der Waals surface area contributed by atoms with Crippen molar-refractivity contribution in [2.45, 2.75) is 26.9 Å². The van der Waals surface area contributed by atoms with Crippen LogP contribution < -0.4 is 4.90 Å². The van der Waals surface area contributed by atoms with Crippen LogP contribution in [-0.4, -0.2) is 18.1 Å². The van der Waals surface area contributed by atoms with Gasteiger partial charge in [-0.15, -0.1) is 0 Å². The Morgan fingerprint density at radius 2 is 1.48 bits per heavy atom. The van der Waals surface area contributed by atoms with Crippen molar-refractivity contribution in [3.8, 4) is 0 Å². The van der Waals surface area contributed by atoms with Crippen LogP contribution in [0.4, 0.5) is 5.69 Å². The monoisotopic (exact) mass is 278 g/mol. The molecular weight excluding hydrogens is 256 g/mol. The number of hydrogen-bond donors (Lipinski definition) is 0. The number of nitrogens with zero attached hydrogens (tertiary/aromatic N) is 2. The molecular formula is C19H22N2. The van der Waals surface area contributed by atoms with Gasteiger partial charge in [0.05, 0.1) is 5.70 Å². The minimum absolute atomic E-state index is 0.321. The van der Waals surface area contributed by atoms with E-state index >= 15 is 0 Å². The molecule has 0 radical (unpaired) electrons. The number of hydrogen-bond acceptors (Lipinski definition) is 2. The van der Waals surface area contributed by atoms with E-state index in [1.807, 2.05) is 0 Å². The standard InChI is InChI=1S/C19H22N2/c1-14-10-8-9-13-18(14)21-15(2)19(20(4)16(21)3)17-11-6-5-7-12-17/h5-13,16H,1-4H3. The summed E-state index contributed by atoms with van der Waals surface area (Å²) in [6.07, 6.45) is 0.321. The SMILES string of the molecule is CC1=C(c2ccccc2)N(C)C(C)N1c1ccccc1C. The molecule has 2 heteroatoms. The zero-order chi connectivity index (χ0) is 15.0. The largest absolute Gasteiger partial charge is 0.352 e. The maximum Gasteiger partial charge on any atom is 0.103 e. The molecule has 1 aliphatic heterocycles.